The molecule has 0 radical (unpaired) electrons. The lowest BCUT2D eigenvalue weighted by molar-refractivity contribution is 0.0677. The lowest BCUT2D eigenvalue weighted by Crippen LogP contribution is -2.32. The Morgan fingerprint density at radius 2 is 1.64 bits per heavy atom. The maximum absolute atomic E-state index is 13.3. The zero-order valence-corrected chi connectivity index (χ0v) is 20.8. The van der Waals surface area contributed by atoms with Gasteiger partial charge in [-0.2, -0.15) is 5.10 Å². The summed E-state index contributed by atoms with van der Waals surface area (Å²) in [6.45, 7) is 1.32. The van der Waals surface area contributed by atoms with Crippen LogP contribution in [0.4, 0.5) is 0 Å². The summed E-state index contributed by atoms with van der Waals surface area (Å²) in [6, 6.07) is 22.8. The maximum Gasteiger partial charge on any atom is 0.273 e. The number of carbonyl (C=O) groups is 1. The fourth-order valence-corrected chi connectivity index (χ4v) is 4.55. The van der Waals surface area contributed by atoms with E-state index >= 15 is 0 Å². The van der Waals surface area contributed by atoms with E-state index in [0.717, 1.165) is 39.4 Å². The second-order valence-electron chi connectivity index (χ2n) is 8.47. The molecule has 3 aromatic carbocycles. The summed E-state index contributed by atoms with van der Waals surface area (Å²) >= 11 is 5.96. The van der Waals surface area contributed by atoms with Crippen molar-refractivity contribution in [3.8, 4) is 22.8 Å². The molecule has 0 spiro atoms. The van der Waals surface area contributed by atoms with Gasteiger partial charge in [-0.25, -0.2) is 0 Å². The summed E-state index contributed by atoms with van der Waals surface area (Å²) < 4.78 is 16.5. The van der Waals surface area contributed by atoms with Crippen molar-refractivity contribution in [2.75, 3.05) is 27.4 Å². The van der Waals surface area contributed by atoms with Crippen LogP contribution in [-0.2, 0) is 11.3 Å². The predicted octanol–water partition coefficient (Wildman–Crippen LogP) is 5.51. The van der Waals surface area contributed by atoms with Crippen LogP contribution in [0.3, 0.4) is 0 Å². The quantitative estimate of drug-likeness (QED) is 0.326. The van der Waals surface area contributed by atoms with Crippen molar-refractivity contribution in [1.82, 2.24) is 15.1 Å². The molecule has 5 rings (SSSR count). The summed E-state index contributed by atoms with van der Waals surface area (Å²) in [5.74, 6) is 1.40. The first-order chi connectivity index (χ1) is 17.6. The minimum atomic E-state index is -0.302. The van der Waals surface area contributed by atoms with Crippen molar-refractivity contribution >= 4 is 17.5 Å². The molecule has 4 aromatic rings. The fraction of sp³-hybridized carbons (Fsp3) is 0.214. The zero-order valence-electron chi connectivity index (χ0n) is 20.0. The molecule has 8 heteroatoms. The minimum absolute atomic E-state index is 0.0950. The highest BCUT2D eigenvalue weighted by Gasteiger charge is 2.41. The lowest BCUT2D eigenvalue weighted by Gasteiger charge is -2.26. The van der Waals surface area contributed by atoms with Gasteiger partial charge in [0, 0.05) is 29.8 Å². The van der Waals surface area contributed by atoms with Crippen LogP contribution in [-0.4, -0.2) is 48.4 Å². The standard InChI is InChI=1S/C28H26ClN3O4/c1-34-16-15-32-27(20-7-13-23(14-8-20)36-17-18-3-9-21(29)10-4-18)24-25(30-31-26(24)28(32)33)19-5-11-22(35-2)12-6-19/h3-14,27H,15-17H2,1-2H3,(H,30,31). The van der Waals surface area contributed by atoms with Crippen LogP contribution in [0.15, 0.2) is 72.8 Å². The molecule has 1 atom stereocenters. The molecule has 1 aliphatic rings. The SMILES string of the molecule is COCCN1C(=O)c2[nH]nc(-c3ccc(OC)cc3)c2C1c1ccc(OCc2ccc(Cl)cc2)cc1. The van der Waals surface area contributed by atoms with Gasteiger partial charge in [0.1, 0.15) is 23.8 Å². The number of benzene rings is 3. The first-order valence-electron chi connectivity index (χ1n) is 11.6. The molecule has 184 valence electrons. The summed E-state index contributed by atoms with van der Waals surface area (Å²) in [5.41, 5.74) is 5.01. The number of fused-ring (bicyclic) bond motifs is 1. The molecular formula is C28H26ClN3O4. The number of nitrogens with one attached hydrogen (secondary N) is 1. The first-order valence-corrected chi connectivity index (χ1v) is 12.0. The molecule has 0 saturated carbocycles. The monoisotopic (exact) mass is 503 g/mol. The molecule has 1 unspecified atom stereocenters. The van der Waals surface area contributed by atoms with Gasteiger partial charge in [-0.3, -0.25) is 9.89 Å². The number of hydrogen-bond acceptors (Lipinski definition) is 5. The summed E-state index contributed by atoms with van der Waals surface area (Å²) in [6.07, 6.45) is 0. The third-order valence-electron chi connectivity index (χ3n) is 6.28. The summed E-state index contributed by atoms with van der Waals surface area (Å²) in [7, 11) is 3.26. The van der Waals surface area contributed by atoms with E-state index in [1.165, 1.54) is 0 Å². The molecule has 1 amide bonds. The largest absolute Gasteiger partial charge is 0.497 e. The van der Waals surface area contributed by atoms with Crippen molar-refractivity contribution in [2.24, 2.45) is 0 Å². The van der Waals surface area contributed by atoms with Gasteiger partial charge in [0.15, 0.2) is 0 Å². The van der Waals surface area contributed by atoms with Crippen molar-refractivity contribution in [2.45, 2.75) is 12.6 Å². The van der Waals surface area contributed by atoms with Gasteiger partial charge in [-0.15, -0.1) is 0 Å². The van der Waals surface area contributed by atoms with Crippen LogP contribution in [0, 0.1) is 0 Å². The van der Waals surface area contributed by atoms with E-state index in [2.05, 4.69) is 10.2 Å². The number of carbonyl (C=O) groups excluding carboxylic acids is 1. The van der Waals surface area contributed by atoms with Crippen molar-refractivity contribution in [3.63, 3.8) is 0 Å². The topological polar surface area (TPSA) is 76.7 Å². The Labute approximate surface area is 214 Å². The molecule has 0 saturated heterocycles. The van der Waals surface area contributed by atoms with E-state index in [1.807, 2.05) is 77.7 Å². The van der Waals surface area contributed by atoms with Crippen LogP contribution in [0.5, 0.6) is 11.5 Å². The highest BCUT2D eigenvalue weighted by molar-refractivity contribution is 6.30. The average Bonchev–Trinajstić information content (AvgIpc) is 3.46. The Morgan fingerprint density at radius 3 is 2.31 bits per heavy atom. The van der Waals surface area contributed by atoms with Gasteiger partial charge in [0.05, 0.1) is 25.5 Å². The second kappa shape index (κ2) is 10.4. The molecule has 0 aliphatic carbocycles. The maximum atomic E-state index is 13.3. The number of amides is 1. The van der Waals surface area contributed by atoms with Crippen LogP contribution in [0.25, 0.3) is 11.3 Å². The molecule has 1 N–H and O–H groups in total. The van der Waals surface area contributed by atoms with E-state index in [1.54, 1.807) is 14.2 Å². The van der Waals surface area contributed by atoms with E-state index in [9.17, 15) is 4.79 Å². The normalized spacial score (nSPS) is 14.7. The summed E-state index contributed by atoms with van der Waals surface area (Å²) in [4.78, 5) is 15.1. The second-order valence-corrected chi connectivity index (χ2v) is 8.90. The zero-order chi connectivity index (χ0) is 25.1. The van der Waals surface area contributed by atoms with E-state index in [0.29, 0.717) is 30.5 Å². The number of halogens is 1. The summed E-state index contributed by atoms with van der Waals surface area (Å²) in [5, 5.41) is 8.18. The Hall–Kier alpha value is -3.81. The molecule has 36 heavy (non-hydrogen) atoms. The average molecular weight is 504 g/mol. The Morgan fingerprint density at radius 1 is 0.944 bits per heavy atom. The third-order valence-corrected chi connectivity index (χ3v) is 6.53. The predicted molar refractivity (Wildman–Crippen MR) is 138 cm³/mol. The number of methoxy groups -OCH3 is 2. The van der Waals surface area contributed by atoms with Gasteiger partial charge < -0.3 is 19.1 Å². The molecule has 0 fully saturated rings. The highest BCUT2D eigenvalue weighted by atomic mass is 35.5. The minimum Gasteiger partial charge on any atom is -0.497 e. The van der Waals surface area contributed by atoms with Gasteiger partial charge in [-0.1, -0.05) is 35.9 Å². The molecule has 1 aromatic heterocycles. The van der Waals surface area contributed by atoms with Crippen LogP contribution in [0.2, 0.25) is 5.02 Å². The van der Waals surface area contributed by atoms with Gasteiger partial charge >= 0.3 is 0 Å². The first kappa shape index (κ1) is 23.9. The lowest BCUT2D eigenvalue weighted by atomic mass is 9.96. The fourth-order valence-electron chi connectivity index (χ4n) is 4.43. The molecule has 2 heterocycles. The number of hydrogen-bond donors (Lipinski definition) is 1. The van der Waals surface area contributed by atoms with Crippen molar-refractivity contribution in [1.29, 1.82) is 0 Å². The number of aromatic amines is 1. The Kier molecular flexibility index (Phi) is 6.93. The van der Waals surface area contributed by atoms with Crippen molar-refractivity contribution < 1.29 is 19.0 Å². The smallest absolute Gasteiger partial charge is 0.273 e. The van der Waals surface area contributed by atoms with Gasteiger partial charge in [0.25, 0.3) is 5.91 Å². The Balaban J connectivity index is 1.45. The molecular weight excluding hydrogens is 478 g/mol. The number of H-pyrrole nitrogens is 1. The number of nitrogens with zero attached hydrogens (tertiary/aromatic N) is 2. The molecule has 1 aliphatic heterocycles. The van der Waals surface area contributed by atoms with Gasteiger partial charge in [-0.05, 0) is 59.7 Å². The number of rotatable bonds is 9. The van der Waals surface area contributed by atoms with Crippen LogP contribution in [0.1, 0.15) is 33.2 Å². The Bertz CT molecular complexity index is 1330. The van der Waals surface area contributed by atoms with Crippen LogP contribution < -0.4 is 9.47 Å². The highest BCUT2D eigenvalue weighted by Crippen LogP contribution is 2.43. The molecule has 0 bridgehead atoms. The molecule has 7 nitrogen and oxygen atoms in total. The van der Waals surface area contributed by atoms with E-state index in [4.69, 9.17) is 25.8 Å². The van der Waals surface area contributed by atoms with E-state index in [-0.39, 0.29) is 11.9 Å². The van der Waals surface area contributed by atoms with Crippen LogP contribution >= 0.6 is 11.6 Å². The number of aromatic nitrogens is 2. The third kappa shape index (κ3) is 4.67. The van der Waals surface area contributed by atoms with E-state index < -0.39 is 0 Å². The number of ether oxygens (including phenoxy) is 3. The van der Waals surface area contributed by atoms with Gasteiger partial charge in [0.2, 0.25) is 0 Å². The van der Waals surface area contributed by atoms with Crippen molar-refractivity contribution in [3.05, 3.63) is 100 Å².